The predicted octanol–water partition coefficient (Wildman–Crippen LogP) is 4.15. The summed E-state index contributed by atoms with van der Waals surface area (Å²) in [5.41, 5.74) is 2.07. The highest BCUT2D eigenvalue weighted by atomic mass is 32.1. The summed E-state index contributed by atoms with van der Waals surface area (Å²) in [7, 11) is 1.75. The lowest BCUT2D eigenvalue weighted by atomic mass is 10.1. The molecule has 0 spiro atoms. The number of benzene rings is 2. The second kappa shape index (κ2) is 9.25. The molecule has 2 amide bonds. The van der Waals surface area contributed by atoms with Gasteiger partial charge in [-0.2, -0.15) is 0 Å². The van der Waals surface area contributed by atoms with Gasteiger partial charge >= 0.3 is 0 Å². The second-order valence-electron chi connectivity index (χ2n) is 6.08. The number of thiocarbonyl (C=S) groups is 1. The molecule has 0 radical (unpaired) electrons. The minimum atomic E-state index is -0.280. The van der Waals surface area contributed by atoms with Gasteiger partial charge in [-0.3, -0.25) is 14.9 Å². The van der Waals surface area contributed by atoms with Crippen LogP contribution in [0, 0.1) is 0 Å². The van der Waals surface area contributed by atoms with Gasteiger partial charge in [-0.05, 0) is 41.4 Å². The number of hydrogen-bond donors (Lipinski definition) is 2. The van der Waals surface area contributed by atoms with Crippen molar-refractivity contribution in [3.8, 4) is 0 Å². The summed E-state index contributed by atoms with van der Waals surface area (Å²) in [6, 6.07) is 20.4. The monoisotopic (exact) mass is 409 g/mol. The van der Waals surface area contributed by atoms with E-state index in [1.54, 1.807) is 48.3 Å². The summed E-state index contributed by atoms with van der Waals surface area (Å²) < 4.78 is 0. The third-order valence-corrected chi connectivity index (χ3v) is 5.06. The van der Waals surface area contributed by atoms with E-state index >= 15 is 0 Å². The van der Waals surface area contributed by atoms with E-state index in [0.717, 1.165) is 5.56 Å². The summed E-state index contributed by atoms with van der Waals surface area (Å²) in [5, 5.41) is 7.56. The Labute approximate surface area is 173 Å². The average molecular weight is 410 g/mol. The number of carbonyl (C=O) groups is 2. The Balaban J connectivity index is 1.69. The number of amides is 2. The fraction of sp³-hybridized carbons (Fsp3) is 0.0952. The standard InChI is InChI=1S/C21H19N3O2S2/c1-24(14-15-8-3-2-4-9-15)20(26)16-10-5-6-11-17(16)22-21(27)23-19(25)18-12-7-13-28-18/h2-13H,14H2,1H3,(H2,22,23,25,27). The first-order chi connectivity index (χ1) is 13.5. The average Bonchev–Trinajstić information content (AvgIpc) is 3.23. The Morgan fingerprint density at radius 3 is 2.43 bits per heavy atom. The minimum Gasteiger partial charge on any atom is -0.337 e. The molecule has 0 aliphatic carbocycles. The number of carbonyl (C=O) groups excluding carboxylic acids is 2. The highest BCUT2D eigenvalue weighted by Crippen LogP contribution is 2.18. The second-order valence-corrected chi connectivity index (χ2v) is 7.43. The Hall–Kier alpha value is -3.03. The largest absolute Gasteiger partial charge is 0.337 e. The van der Waals surface area contributed by atoms with Crippen LogP contribution in [-0.2, 0) is 6.54 Å². The van der Waals surface area contributed by atoms with Crippen LogP contribution in [0.3, 0.4) is 0 Å². The maximum Gasteiger partial charge on any atom is 0.267 e. The topological polar surface area (TPSA) is 61.4 Å². The van der Waals surface area contributed by atoms with E-state index in [1.165, 1.54) is 11.3 Å². The zero-order valence-electron chi connectivity index (χ0n) is 15.2. The molecule has 2 aromatic carbocycles. The molecule has 0 aliphatic rings. The third kappa shape index (κ3) is 5.03. The summed E-state index contributed by atoms with van der Waals surface area (Å²) in [5.74, 6) is -0.420. The van der Waals surface area contributed by atoms with Gasteiger partial charge in [0.1, 0.15) is 0 Å². The van der Waals surface area contributed by atoms with Gasteiger partial charge in [0.2, 0.25) is 0 Å². The molecular weight excluding hydrogens is 390 g/mol. The third-order valence-electron chi connectivity index (χ3n) is 3.99. The van der Waals surface area contributed by atoms with Crippen LogP contribution in [0.4, 0.5) is 5.69 Å². The Morgan fingerprint density at radius 2 is 1.71 bits per heavy atom. The Bertz CT molecular complexity index is 972. The molecular formula is C21H19N3O2S2. The fourth-order valence-corrected chi connectivity index (χ4v) is 3.46. The van der Waals surface area contributed by atoms with Crippen LogP contribution in [0.1, 0.15) is 25.6 Å². The van der Waals surface area contributed by atoms with Crippen molar-refractivity contribution in [3.63, 3.8) is 0 Å². The van der Waals surface area contributed by atoms with Gasteiger partial charge in [0, 0.05) is 13.6 Å². The van der Waals surface area contributed by atoms with Gasteiger partial charge in [0.05, 0.1) is 16.1 Å². The lowest BCUT2D eigenvalue weighted by Gasteiger charge is -2.20. The number of nitrogens with zero attached hydrogens (tertiary/aromatic N) is 1. The molecule has 5 nitrogen and oxygen atoms in total. The zero-order valence-corrected chi connectivity index (χ0v) is 16.8. The van der Waals surface area contributed by atoms with Gasteiger partial charge in [-0.1, -0.05) is 48.5 Å². The number of hydrogen-bond acceptors (Lipinski definition) is 4. The number of rotatable bonds is 5. The van der Waals surface area contributed by atoms with E-state index in [9.17, 15) is 9.59 Å². The lowest BCUT2D eigenvalue weighted by Crippen LogP contribution is -2.34. The van der Waals surface area contributed by atoms with Crippen molar-refractivity contribution in [3.05, 3.63) is 88.1 Å². The van der Waals surface area contributed by atoms with E-state index in [1.807, 2.05) is 35.7 Å². The quantitative estimate of drug-likeness (QED) is 0.622. The molecule has 1 aromatic heterocycles. The molecule has 7 heteroatoms. The van der Waals surface area contributed by atoms with E-state index < -0.39 is 0 Å². The van der Waals surface area contributed by atoms with Crippen molar-refractivity contribution in [1.82, 2.24) is 10.2 Å². The first kappa shape index (κ1) is 19.7. The molecule has 2 N–H and O–H groups in total. The first-order valence-corrected chi connectivity index (χ1v) is 9.87. The van der Waals surface area contributed by atoms with Crippen LogP contribution in [0.25, 0.3) is 0 Å². The van der Waals surface area contributed by atoms with Gasteiger partial charge < -0.3 is 10.2 Å². The summed E-state index contributed by atoms with van der Waals surface area (Å²) in [6.07, 6.45) is 0. The molecule has 142 valence electrons. The maximum atomic E-state index is 12.9. The van der Waals surface area contributed by atoms with Crippen LogP contribution in [0.15, 0.2) is 72.1 Å². The first-order valence-electron chi connectivity index (χ1n) is 8.59. The van der Waals surface area contributed by atoms with Crippen molar-refractivity contribution < 1.29 is 9.59 Å². The molecule has 1 heterocycles. The number of anilines is 1. The molecule has 28 heavy (non-hydrogen) atoms. The molecule has 0 fully saturated rings. The van der Waals surface area contributed by atoms with Crippen molar-refractivity contribution in [2.75, 3.05) is 12.4 Å². The van der Waals surface area contributed by atoms with E-state index in [-0.39, 0.29) is 16.9 Å². The highest BCUT2D eigenvalue weighted by molar-refractivity contribution is 7.80. The van der Waals surface area contributed by atoms with E-state index in [2.05, 4.69) is 10.6 Å². The predicted molar refractivity (Wildman–Crippen MR) is 117 cm³/mol. The Morgan fingerprint density at radius 1 is 1.00 bits per heavy atom. The number of nitrogens with one attached hydrogen (secondary N) is 2. The molecule has 0 aliphatic heterocycles. The molecule has 0 unspecified atom stereocenters. The maximum absolute atomic E-state index is 12.9. The minimum absolute atomic E-state index is 0.140. The van der Waals surface area contributed by atoms with Gasteiger partial charge in [-0.15, -0.1) is 11.3 Å². The molecule has 0 atom stereocenters. The summed E-state index contributed by atoms with van der Waals surface area (Å²) >= 11 is 6.57. The van der Waals surface area contributed by atoms with Gasteiger partial charge in [0.25, 0.3) is 11.8 Å². The van der Waals surface area contributed by atoms with Crippen molar-refractivity contribution >= 4 is 46.2 Å². The molecule has 3 aromatic rings. The highest BCUT2D eigenvalue weighted by Gasteiger charge is 2.17. The lowest BCUT2D eigenvalue weighted by molar-refractivity contribution is 0.0786. The van der Waals surface area contributed by atoms with Crippen LogP contribution < -0.4 is 10.6 Å². The van der Waals surface area contributed by atoms with Crippen molar-refractivity contribution in [2.45, 2.75) is 6.54 Å². The fourth-order valence-electron chi connectivity index (χ4n) is 2.64. The van der Waals surface area contributed by atoms with Crippen LogP contribution in [-0.4, -0.2) is 28.9 Å². The van der Waals surface area contributed by atoms with E-state index in [4.69, 9.17) is 12.2 Å². The molecule has 3 rings (SSSR count). The normalized spacial score (nSPS) is 10.2. The molecule has 0 bridgehead atoms. The zero-order chi connectivity index (χ0) is 19.9. The smallest absolute Gasteiger partial charge is 0.267 e. The van der Waals surface area contributed by atoms with Crippen LogP contribution in [0.2, 0.25) is 0 Å². The molecule has 0 saturated carbocycles. The summed E-state index contributed by atoms with van der Waals surface area (Å²) in [6.45, 7) is 0.494. The number of para-hydroxylation sites is 1. The summed E-state index contributed by atoms with van der Waals surface area (Å²) in [4.78, 5) is 27.3. The van der Waals surface area contributed by atoms with Crippen LogP contribution in [0.5, 0.6) is 0 Å². The van der Waals surface area contributed by atoms with Crippen molar-refractivity contribution in [2.24, 2.45) is 0 Å². The SMILES string of the molecule is CN(Cc1ccccc1)C(=O)c1ccccc1NC(=S)NC(=O)c1cccs1. The number of thiophene rings is 1. The molecule has 0 saturated heterocycles. The van der Waals surface area contributed by atoms with Crippen LogP contribution >= 0.6 is 23.6 Å². The van der Waals surface area contributed by atoms with Gasteiger partial charge in [0.15, 0.2) is 5.11 Å². The van der Waals surface area contributed by atoms with Crippen molar-refractivity contribution in [1.29, 1.82) is 0 Å². The Kier molecular flexibility index (Phi) is 6.52. The van der Waals surface area contributed by atoms with E-state index in [0.29, 0.717) is 22.7 Å². The van der Waals surface area contributed by atoms with Gasteiger partial charge in [-0.25, -0.2) is 0 Å².